The van der Waals surface area contributed by atoms with Crippen molar-refractivity contribution in [2.75, 3.05) is 12.3 Å². The number of ether oxygens (including phenoxy) is 1. The number of hydrogen-bond donors (Lipinski definition) is 6. The first kappa shape index (κ1) is 20.5. The molecule has 2 aromatic heterocycles. The molecule has 0 saturated carbocycles. The number of anilines is 1. The molecule has 28 heavy (non-hydrogen) atoms. The zero-order valence-electron chi connectivity index (χ0n) is 16.0. The number of hydrogen-bond acceptors (Lipinski definition) is 9. The van der Waals surface area contributed by atoms with Crippen molar-refractivity contribution >= 4 is 22.8 Å². The lowest BCUT2D eigenvalue weighted by atomic mass is 10.0. The maximum absolute atomic E-state index is 12.0. The van der Waals surface area contributed by atoms with Crippen LogP contribution in [0.25, 0.3) is 11.0 Å². The molecular weight excluding hydrogens is 364 g/mol. The normalized spacial score (nSPS) is 27.0. The van der Waals surface area contributed by atoms with E-state index in [0.29, 0.717) is 28.8 Å². The van der Waals surface area contributed by atoms with Gasteiger partial charge < -0.3 is 36.7 Å². The van der Waals surface area contributed by atoms with Gasteiger partial charge >= 0.3 is 5.97 Å². The van der Waals surface area contributed by atoms with Crippen molar-refractivity contribution in [2.24, 2.45) is 11.7 Å². The summed E-state index contributed by atoms with van der Waals surface area (Å²) in [6.07, 6.45) is 2.11. The van der Waals surface area contributed by atoms with E-state index in [4.69, 9.17) is 16.2 Å². The van der Waals surface area contributed by atoms with Gasteiger partial charge in [-0.15, -0.1) is 0 Å². The summed E-state index contributed by atoms with van der Waals surface area (Å²) in [7, 11) is 0. The molecule has 1 aliphatic rings. The summed E-state index contributed by atoms with van der Waals surface area (Å²) < 4.78 is 5.24. The first-order chi connectivity index (χ1) is 13.3. The van der Waals surface area contributed by atoms with Gasteiger partial charge in [-0.05, 0) is 12.3 Å². The lowest BCUT2D eigenvalue weighted by Crippen LogP contribution is -2.39. The van der Waals surface area contributed by atoms with Crippen molar-refractivity contribution in [3.05, 3.63) is 18.1 Å². The maximum Gasteiger partial charge on any atom is 0.323 e. The Morgan fingerprint density at radius 3 is 2.82 bits per heavy atom. The SMILES string of the molecule is CCC(C)[C@H](N)C(=O)OCC[C@H]1N[C@@H](c2c[nH]c3c(N)ncnc23)[C@H](O)[C@@H]1O. The molecule has 0 amide bonds. The Balaban J connectivity index is 1.63. The van der Waals surface area contributed by atoms with Crippen molar-refractivity contribution in [2.45, 2.75) is 57.0 Å². The number of aromatic nitrogens is 3. The molecule has 1 aliphatic heterocycles. The summed E-state index contributed by atoms with van der Waals surface area (Å²) >= 11 is 0. The number of nitrogens with two attached hydrogens (primary N) is 2. The zero-order valence-corrected chi connectivity index (χ0v) is 16.0. The molecule has 1 fully saturated rings. The fraction of sp³-hybridized carbons (Fsp3) is 0.611. The number of esters is 1. The second-order valence-corrected chi connectivity index (χ2v) is 7.33. The Morgan fingerprint density at radius 2 is 2.11 bits per heavy atom. The van der Waals surface area contributed by atoms with Crippen molar-refractivity contribution in [3.8, 4) is 0 Å². The number of fused-ring (bicyclic) bond motifs is 1. The largest absolute Gasteiger partial charge is 0.464 e. The molecule has 154 valence electrons. The molecule has 2 aromatic rings. The van der Waals surface area contributed by atoms with Crippen LogP contribution in [0.3, 0.4) is 0 Å². The average Bonchev–Trinajstić information content (AvgIpc) is 3.24. The highest BCUT2D eigenvalue weighted by molar-refractivity contribution is 5.87. The van der Waals surface area contributed by atoms with Crippen molar-refractivity contribution in [1.29, 1.82) is 0 Å². The van der Waals surface area contributed by atoms with E-state index in [1.54, 1.807) is 6.20 Å². The smallest absolute Gasteiger partial charge is 0.323 e. The average molecular weight is 392 g/mol. The van der Waals surface area contributed by atoms with Crippen LogP contribution >= 0.6 is 0 Å². The lowest BCUT2D eigenvalue weighted by molar-refractivity contribution is -0.146. The molecule has 0 aliphatic carbocycles. The Labute approximate surface area is 162 Å². The van der Waals surface area contributed by atoms with Gasteiger partial charge in [0.1, 0.15) is 24.0 Å². The first-order valence-corrected chi connectivity index (χ1v) is 9.47. The molecule has 10 nitrogen and oxygen atoms in total. The van der Waals surface area contributed by atoms with E-state index in [2.05, 4.69) is 20.3 Å². The summed E-state index contributed by atoms with van der Waals surface area (Å²) in [6.45, 7) is 3.95. The van der Waals surface area contributed by atoms with Crippen LogP contribution in [0.2, 0.25) is 0 Å². The summed E-state index contributed by atoms with van der Waals surface area (Å²) in [5, 5.41) is 24.1. The fourth-order valence-corrected chi connectivity index (χ4v) is 3.48. The molecule has 6 atom stereocenters. The van der Waals surface area contributed by atoms with Gasteiger partial charge in [-0.1, -0.05) is 20.3 Å². The Morgan fingerprint density at radius 1 is 1.36 bits per heavy atom. The van der Waals surface area contributed by atoms with E-state index in [0.717, 1.165) is 6.42 Å². The second kappa shape index (κ2) is 8.39. The molecule has 0 radical (unpaired) electrons. The van der Waals surface area contributed by atoms with Crippen LogP contribution < -0.4 is 16.8 Å². The first-order valence-electron chi connectivity index (χ1n) is 9.47. The van der Waals surface area contributed by atoms with Gasteiger partial charge in [0.05, 0.1) is 24.3 Å². The fourth-order valence-electron chi connectivity index (χ4n) is 3.48. The molecule has 8 N–H and O–H groups in total. The standard InChI is InChI=1S/C18H28N6O4/c1-3-8(2)11(19)18(27)28-5-4-10-15(25)16(26)13(24-10)9-6-21-14-12(9)22-7-23-17(14)20/h6-8,10-11,13,15-16,21,24-26H,3-5,19H2,1-2H3,(H2,20,22,23)/t8?,10-,11+,13+,15-,16+/m1/s1. The predicted octanol–water partition coefficient (Wildman–Crippen LogP) is -0.418. The van der Waals surface area contributed by atoms with Crippen LogP contribution in [0, 0.1) is 5.92 Å². The molecule has 3 heterocycles. The van der Waals surface area contributed by atoms with E-state index in [-0.39, 0.29) is 12.5 Å². The van der Waals surface area contributed by atoms with E-state index >= 15 is 0 Å². The minimum absolute atomic E-state index is 0.0326. The van der Waals surface area contributed by atoms with Crippen LogP contribution in [-0.4, -0.2) is 62.0 Å². The van der Waals surface area contributed by atoms with Crippen molar-refractivity contribution in [1.82, 2.24) is 20.3 Å². The third-order valence-corrected chi connectivity index (χ3v) is 5.56. The van der Waals surface area contributed by atoms with Crippen molar-refractivity contribution in [3.63, 3.8) is 0 Å². The summed E-state index contributed by atoms with van der Waals surface area (Å²) in [4.78, 5) is 23.1. The number of aliphatic hydroxyl groups excluding tert-OH is 2. The number of carbonyl (C=O) groups excluding carboxylic acids is 1. The molecule has 0 bridgehead atoms. The van der Waals surface area contributed by atoms with Crippen LogP contribution in [-0.2, 0) is 9.53 Å². The summed E-state index contributed by atoms with van der Waals surface area (Å²) in [6, 6.07) is -1.65. The number of nitrogens with zero attached hydrogens (tertiary/aromatic N) is 2. The van der Waals surface area contributed by atoms with Gasteiger partial charge in [-0.2, -0.15) is 0 Å². The number of nitrogen functional groups attached to an aromatic ring is 1. The third-order valence-electron chi connectivity index (χ3n) is 5.56. The monoisotopic (exact) mass is 392 g/mol. The number of H-pyrrole nitrogens is 1. The van der Waals surface area contributed by atoms with E-state index in [1.807, 2.05) is 13.8 Å². The van der Waals surface area contributed by atoms with E-state index in [9.17, 15) is 15.0 Å². The van der Waals surface area contributed by atoms with Crippen LogP contribution in [0.15, 0.2) is 12.5 Å². The number of aromatic amines is 1. The molecule has 0 spiro atoms. The molecule has 1 saturated heterocycles. The molecule has 10 heteroatoms. The zero-order chi connectivity index (χ0) is 20.4. The van der Waals surface area contributed by atoms with Crippen LogP contribution in [0.4, 0.5) is 5.82 Å². The summed E-state index contributed by atoms with van der Waals surface area (Å²) in [5.74, 6) is -0.113. The maximum atomic E-state index is 12.0. The predicted molar refractivity (Wildman–Crippen MR) is 103 cm³/mol. The van der Waals surface area contributed by atoms with Gasteiger partial charge in [0.15, 0.2) is 5.82 Å². The van der Waals surface area contributed by atoms with Gasteiger partial charge in [-0.25, -0.2) is 9.97 Å². The van der Waals surface area contributed by atoms with Gasteiger partial charge in [0, 0.05) is 17.8 Å². The molecular formula is C18H28N6O4. The highest BCUT2D eigenvalue weighted by atomic mass is 16.5. The quantitative estimate of drug-likeness (QED) is 0.342. The Hall–Kier alpha value is -2.27. The highest BCUT2D eigenvalue weighted by Crippen LogP contribution is 2.33. The lowest BCUT2D eigenvalue weighted by Gasteiger charge is -2.19. The molecule has 3 rings (SSSR count). The number of nitrogens with one attached hydrogen (secondary N) is 2. The molecule has 0 aromatic carbocycles. The Kier molecular flexibility index (Phi) is 6.14. The minimum atomic E-state index is -1.04. The molecule has 1 unspecified atom stereocenters. The second-order valence-electron chi connectivity index (χ2n) is 7.33. The van der Waals surface area contributed by atoms with Gasteiger partial charge in [0.2, 0.25) is 0 Å². The minimum Gasteiger partial charge on any atom is -0.464 e. The summed E-state index contributed by atoms with van der Waals surface area (Å²) in [5.41, 5.74) is 13.6. The van der Waals surface area contributed by atoms with Gasteiger partial charge in [-0.3, -0.25) is 4.79 Å². The number of aliphatic hydroxyl groups is 2. The van der Waals surface area contributed by atoms with Gasteiger partial charge in [0.25, 0.3) is 0 Å². The number of rotatable bonds is 7. The van der Waals surface area contributed by atoms with E-state index in [1.165, 1.54) is 6.33 Å². The Bertz CT molecular complexity index is 828. The number of carbonyl (C=O) groups is 1. The topological polar surface area (TPSA) is 172 Å². The third kappa shape index (κ3) is 3.81. The highest BCUT2D eigenvalue weighted by Gasteiger charge is 2.42. The van der Waals surface area contributed by atoms with Crippen LogP contribution in [0.1, 0.15) is 38.3 Å². The van der Waals surface area contributed by atoms with Crippen molar-refractivity contribution < 1.29 is 19.7 Å². The van der Waals surface area contributed by atoms with E-state index < -0.39 is 36.3 Å². The van der Waals surface area contributed by atoms with Crippen LogP contribution in [0.5, 0.6) is 0 Å².